The number of nitrogens with zero attached hydrogens (tertiary/aromatic N) is 1. The summed E-state index contributed by atoms with van der Waals surface area (Å²) in [7, 11) is 1.82. The van der Waals surface area contributed by atoms with Gasteiger partial charge < -0.3 is 4.90 Å². The van der Waals surface area contributed by atoms with Crippen LogP contribution in [0, 0.1) is 0 Å². The van der Waals surface area contributed by atoms with Crippen molar-refractivity contribution < 1.29 is 4.79 Å². The van der Waals surface area contributed by atoms with Crippen LogP contribution in [0.1, 0.15) is 23.2 Å². The molecule has 0 spiro atoms. The van der Waals surface area contributed by atoms with Crippen LogP contribution in [0.25, 0.3) is 0 Å². The van der Waals surface area contributed by atoms with Gasteiger partial charge in [-0.05, 0) is 31.0 Å². The van der Waals surface area contributed by atoms with Gasteiger partial charge >= 0.3 is 0 Å². The number of hydrogen-bond donors (Lipinski definition) is 0. The Morgan fingerprint density at radius 3 is 2.53 bits per heavy atom. The maximum Gasteiger partial charge on any atom is 0.253 e. The molecule has 1 aliphatic rings. The van der Waals surface area contributed by atoms with Gasteiger partial charge in [-0.25, -0.2) is 0 Å². The van der Waals surface area contributed by atoms with Crippen molar-refractivity contribution in [3.63, 3.8) is 0 Å². The zero-order chi connectivity index (χ0) is 11.0. The van der Waals surface area contributed by atoms with Gasteiger partial charge in [0.2, 0.25) is 0 Å². The Morgan fingerprint density at radius 1 is 1.33 bits per heavy atom. The Labute approximate surface area is 98.8 Å². The van der Waals surface area contributed by atoms with Crippen LogP contribution in [0.5, 0.6) is 0 Å². The minimum atomic E-state index is 0.0102. The van der Waals surface area contributed by atoms with E-state index in [1.54, 1.807) is 23.1 Å². The van der Waals surface area contributed by atoms with Crippen LogP contribution in [0.3, 0.4) is 0 Å². The van der Waals surface area contributed by atoms with Gasteiger partial charge in [0.15, 0.2) is 0 Å². The number of carbonyl (C=O) groups excluding carboxylic acids is 1. The summed E-state index contributed by atoms with van der Waals surface area (Å²) in [6.07, 6.45) is 2.20. The molecule has 1 aromatic carbocycles. The molecule has 1 fully saturated rings. The number of halogens is 2. The van der Waals surface area contributed by atoms with Gasteiger partial charge in [-0.2, -0.15) is 0 Å². The summed E-state index contributed by atoms with van der Waals surface area (Å²) < 4.78 is 0. The van der Waals surface area contributed by atoms with E-state index in [9.17, 15) is 4.79 Å². The molecule has 0 N–H and O–H groups in total. The number of amides is 1. The van der Waals surface area contributed by atoms with Gasteiger partial charge in [0.1, 0.15) is 0 Å². The first kappa shape index (κ1) is 10.8. The van der Waals surface area contributed by atoms with E-state index in [1.807, 2.05) is 7.05 Å². The highest BCUT2D eigenvalue weighted by Gasteiger charge is 2.30. The number of carbonyl (C=O) groups is 1. The summed E-state index contributed by atoms with van der Waals surface area (Å²) in [5.74, 6) is 0.0102. The van der Waals surface area contributed by atoms with Crippen molar-refractivity contribution in [1.82, 2.24) is 4.90 Å². The number of rotatable bonds is 2. The Balaban J connectivity index is 2.21. The maximum atomic E-state index is 11.9. The lowest BCUT2D eigenvalue weighted by Gasteiger charge is -2.16. The lowest BCUT2D eigenvalue weighted by atomic mass is 10.2. The smallest absolute Gasteiger partial charge is 0.253 e. The zero-order valence-electron chi connectivity index (χ0n) is 8.34. The topological polar surface area (TPSA) is 20.3 Å². The second-order valence-electron chi connectivity index (χ2n) is 3.78. The summed E-state index contributed by atoms with van der Waals surface area (Å²) in [5, 5.41) is 0.897. The first-order valence-electron chi connectivity index (χ1n) is 4.82. The van der Waals surface area contributed by atoms with Gasteiger partial charge in [0, 0.05) is 18.7 Å². The normalized spacial score (nSPS) is 15.1. The fourth-order valence-electron chi connectivity index (χ4n) is 1.46. The van der Waals surface area contributed by atoms with Gasteiger partial charge in [0.25, 0.3) is 5.91 Å². The van der Waals surface area contributed by atoms with E-state index in [0.717, 1.165) is 12.8 Å². The molecule has 0 bridgehead atoms. The molecule has 2 nitrogen and oxygen atoms in total. The van der Waals surface area contributed by atoms with E-state index in [2.05, 4.69) is 0 Å². The molecule has 0 heterocycles. The molecule has 1 aliphatic carbocycles. The summed E-state index contributed by atoms with van der Waals surface area (Å²) in [6.45, 7) is 0. The van der Waals surface area contributed by atoms with Crippen molar-refractivity contribution in [3.05, 3.63) is 33.8 Å². The highest BCUT2D eigenvalue weighted by atomic mass is 35.5. The number of benzene rings is 1. The molecule has 1 aromatic rings. The van der Waals surface area contributed by atoms with Crippen molar-refractivity contribution in [1.29, 1.82) is 0 Å². The van der Waals surface area contributed by atoms with Gasteiger partial charge in [0.05, 0.1) is 10.0 Å². The summed E-state index contributed by atoms with van der Waals surface area (Å²) >= 11 is 11.6. The third-order valence-corrected chi connectivity index (χ3v) is 3.32. The molecule has 0 aromatic heterocycles. The average Bonchev–Trinajstić information content (AvgIpc) is 3.03. The van der Waals surface area contributed by atoms with Crippen LogP contribution in [-0.2, 0) is 0 Å². The third-order valence-electron chi connectivity index (χ3n) is 2.58. The lowest BCUT2D eigenvalue weighted by molar-refractivity contribution is 0.0785. The Morgan fingerprint density at radius 2 is 2.00 bits per heavy atom. The molecule has 0 atom stereocenters. The third kappa shape index (κ3) is 2.27. The van der Waals surface area contributed by atoms with Gasteiger partial charge in [-0.1, -0.05) is 23.2 Å². The van der Waals surface area contributed by atoms with Crippen LogP contribution in [0.2, 0.25) is 10.0 Å². The quantitative estimate of drug-likeness (QED) is 0.782. The van der Waals surface area contributed by atoms with Crippen LogP contribution in [-0.4, -0.2) is 23.9 Å². The molecule has 2 rings (SSSR count). The van der Waals surface area contributed by atoms with Crippen molar-refractivity contribution in [2.75, 3.05) is 7.05 Å². The highest BCUT2D eigenvalue weighted by molar-refractivity contribution is 6.42. The Hall–Kier alpha value is -0.730. The molecule has 1 saturated carbocycles. The van der Waals surface area contributed by atoms with Crippen LogP contribution < -0.4 is 0 Å². The van der Waals surface area contributed by atoms with E-state index in [0.29, 0.717) is 21.7 Å². The molecule has 0 radical (unpaired) electrons. The van der Waals surface area contributed by atoms with Crippen LogP contribution in [0.4, 0.5) is 0 Å². The van der Waals surface area contributed by atoms with E-state index in [1.165, 1.54) is 0 Å². The zero-order valence-corrected chi connectivity index (χ0v) is 9.85. The molecule has 0 saturated heterocycles. The molecular formula is C11H11Cl2NO. The minimum absolute atomic E-state index is 0.0102. The lowest BCUT2D eigenvalue weighted by Crippen LogP contribution is -2.28. The molecule has 15 heavy (non-hydrogen) atoms. The predicted octanol–water partition coefficient (Wildman–Crippen LogP) is 3.23. The van der Waals surface area contributed by atoms with E-state index in [-0.39, 0.29) is 5.91 Å². The fraction of sp³-hybridized carbons (Fsp3) is 0.364. The number of hydrogen-bond acceptors (Lipinski definition) is 1. The van der Waals surface area contributed by atoms with Gasteiger partial charge in [-0.15, -0.1) is 0 Å². The van der Waals surface area contributed by atoms with Crippen LogP contribution in [0.15, 0.2) is 18.2 Å². The monoisotopic (exact) mass is 243 g/mol. The summed E-state index contributed by atoms with van der Waals surface area (Å²) in [5.41, 5.74) is 0.596. The maximum absolute atomic E-state index is 11.9. The Kier molecular flexibility index (Phi) is 2.89. The molecular weight excluding hydrogens is 233 g/mol. The van der Waals surface area contributed by atoms with Crippen molar-refractivity contribution in [3.8, 4) is 0 Å². The first-order valence-corrected chi connectivity index (χ1v) is 5.57. The summed E-state index contributed by atoms with van der Waals surface area (Å²) in [4.78, 5) is 13.7. The van der Waals surface area contributed by atoms with E-state index >= 15 is 0 Å². The first-order chi connectivity index (χ1) is 7.09. The molecule has 80 valence electrons. The van der Waals surface area contributed by atoms with Gasteiger partial charge in [-0.3, -0.25) is 4.79 Å². The molecule has 0 aliphatic heterocycles. The highest BCUT2D eigenvalue weighted by Crippen LogP contribution is 2.28. The molecule has 1 amide bonds. The summed E-state index contributed by atoms with van der Waals surface area (Å²) in [6, 6.07) is 5.38. The predicted molar refractivity (Wildman–Crippen MR) is 61.6 cm³/mol. The molecule has 0 unspecified atom stereocenters. The van der Waals surface area contributed by atoms with E-state index in [4.69, 9.17) is 23.2 Å². The van der Waals surface area contributed by atoms with Crippen LogP contribution >= 0.6 is 23.2 Å². The molecule has 4 heteroatoms. The minimum Gasteiger partial charge on any atom is -0.339 e. The van der Waals surface area contributed by atoms with Crippen molar-refractivity contribution in [2.24, 2.45) is 0 Å². The average molecular weight is 244 g/mol. The second-order valence-corrected chi connectivity index (χ2v) is 4.59. The van der Waals surface area contributed by atoms with Crippen molar-refractivity contribution >= 4 is 29.1 Å². The SMILES string of the molecule is CN(C(=O)c1ccc(Cl)c(Cl)c1)C1CC1. The van der Waals surface area contributed by atoms with Crippen molar-refractivity contribution in [2.45, 2.75) is 18.9 Å². The second kappa shape index (κ2) is 4.03. The standard InChI is InChI=1S/C11H11Cl2NO/c1-14(8-3-4-8)11(15)7-2-5-9(12)10(13)6-7/h2,5-6,8H,3-4H2,1H3. The van der Waals surface area contributed by atoms with E-state index < -0.39 is 0 Å². The Bertz CT molecular complexity index is 402. The largest absolute Gasteiger partial charge is 0.339 e. The fourth-order valence-corrected chi connectivity index (χ4v) is 1.76.